The number of nitrogens with zero attached hydrogens (tertiary/aromatic N) is 3. The number of rotatable bonds is 3. The highest BCUT2D eigenvalue weighted by molar-refractivity contribution is 6.36. The maximum Gasteiger partial charge on any atom is 0.229 e. The van der Waals surface area contributed by atoms with Gasteiger partial charge in [0.1, 0.15) is 16.1 Å². The summed E-state index contributed by atoms with van der Waals surface area (Å²) in [5.41, 5.74) is 1.09. The zero-order chi connectivity index (χ0) is 16.7. The third kappa shape index (κ3) is 2.92. The Bertz CT molecular complexity index is 933. The highest BCUT2D eigenvalue weighted by Gasteiger charge is 2.44. The first-order valence-corrected chi connectivity index (χ1v) is 8.20. The Labute approximate surface area is 148 Å². The predicted octanol–water partition coefficient (Wildman–Crippen LogP) is 4.07. The summed E-state index contributed by atoms with van der Waals surface area (Å²) in [5.74, 6) is 0.619. The monoisotopic (exact) mass is 358 g/mol. The molecule has 0 saturated heterocycles. The number of anilines is 1. The SMILES string of the molecule is O=C(Nc1cc2cc(Cl)nc(Cl)c2cn1)[C@@H]1C[C@H]1c1cccnc1. The van der Waals surface area contributed by atoms with Gasteiger partial charge in [-0.3, -0.25) is 9.78 Å². The fraction of sp³-hybridized carbons (Fsp3) is 0.176. The average molecular weight is 359 g/mol. The molecule has 0 aromatic carbocycles. The van der Waals surface area contributed by atoms with Crippen LogP contribution in [-0.4, -0.2) is 20.9 Å². The van der Waals surface area contributed by atoms with Crippen LogP contribution in [0.3, 0.4) is 0 Å². The first-order chi connectivity index (χ1) is 11.6. The van der Waals surface area contributed by atoms with E-state index in [1.54, 1.807) is 24.5 Å². The van der Waals surface area contributed by atoms with E-state index in [0.29, 0.717) is 21.5 Å². The maximum absolute atomic E-state index is 12.4. The lowest BCUT2D eigenvalue weighted by atomic mass is 10.1. The van der Waals surface area contributed by atoms with Crippen molar-refractivity contribution in [3.05, 3.63) is 58.7 Å². The zero-order valence-corrected chi connectivity index (χ0v) is 13.9. The number of halogens is 2. The van der Waals surface area contributed by atoms with Crippen LogP contribution in [0.25, 0.3) is 10.8 Å². The van der Waals surface area contributed by atoms with E-state index in [1.165, 1.54) is 0 Å². The van der Waals surface area contributed by atoms with Crippen LogP contribution in [0.4, 0.5) is 5.82 Å². The van der Waals surface area contributed by atoms with E-state index >= 15 is 0 Å². The largest absolute Gasteiger partial charge is 0.310 e. The summed E-state index contributed by atoms with van der Waals surface area (Å²) in [7, 11) is 0. The molecule has 0 spiro atoms. The third-order valence-corrected chi connectivity index (χ3v) is 4.61. The second-order valence-corrected chi connectivity index (χ2v) is 6.50. The summed E-state index contributed by atoms with van der Waals surface area (Å²) >= 11 is 12.0. The van der Waals surface area contributed by atoms with Crippen LogP contribution in [0, 0.1) is 5.92 Å². The standard InChI is InChI=1S/C17H12Cl2N4O/c18-14-4-10-5-15(21-8-13(10)16(19)22-14)23-17(24)12-6-11(12)9-2-1-3-20-7-9/h1-5,7-8,11-12H,6H2,(H,21,23,24)/t11-,12+/m0/s1. The van der Waals surface area contributed by atoms with Crippen LogP contribution in [-0.2, 0) is 4.79 Å². The average Bonchev–Trinajstić information content (AvgIpc) is 3.36. The molecule has 1 fully saturated rings. The summed E-state index contributed by atoms with van der Waals surface area (Å²) in [6.07, 6.45) is 5.95. The Morgan fingerprint density at radius 2 is 2.12 bits per heavy atom. The van der Waals surface area contributed by atoms with Crippen molar-refractivity contribution in [3.8, 4) is 0 Å². The van der Waals surface area contributed by atoms with Crippen molar-refractivity contribution >= 4 is 45.7 Å². The third-order valence-electron chi connectivity index (χ3n) is 4.13. The summed E-state index contributed by atoms with van der Waals surface area (Å²) in [5, 5.41) is 4.93. The summed E-state index contributed by atoms with van der Waals surface area (Å²) in [6, 6.07) is 7.31. The molecule has 24 heavy (non-hydrogen) atoms. The minimum absolute atomic E-state index is 0.0399. The molecule has 0 unspecified atom stereocenters. The lowest BCUT2D eigenvalue weighted by Crippen LogP contribution is -2.15. The normalized spacial score (nSPS) is 19.2. The number of hydrogen-bond donors (Lipinski definition) is 1. The van der Waals surface area contributed by atoms with Gasteiger partial charge in [-0.05, 0) is 41.5 Å². The van der Waals surface area contributed by atoms with E-state index < -0.39 is 0 Å². The van der Waals surface area contributed by atoms with Crippen molar-refractivity contribution < 1.29 is 4.79 Å². The number of pyridine rings is 3. The number of hydrogen-bond acceptors (Lipinski definition) is 4. The maximum atomic E-state index is 12.4. The highest BCUT2D eigenvalue weighted by Crippen LogP contribution is 2.47. The van der Waals surface area contributed by atoms with Crippen molar-refractivity contribution in [2.45, 2.75) is 12.3 Å². The van der Waals surface area contributed by atoms with E-state index in [0.717, 1.165) is 17.4 Å². The fourth-order valence-electron chi connectivity index (χ4n) is 2.81. The van der Waals surface area contributed by atoms with Crippen LogP contribution in [0.5, 0.6) is 0 Å². The van der Waals surface area contributed by atoms with E-state index in [1.807, 2.05) is 18.3 Å². The first kappa shape index (κ1) is 15.3. The summed E-state index contributed by atoms with van der Waals surface area (Å²) in [6.45, 7) is 0. The quantitative estimate of drug-likeness (QED) is 0.716. The number of carbonyl (C=O) groups is 1. The number of amides is 1. The molecular formula is C17H12Cl2N4O. The Morgan fingerprint density at radius 3 is 2.92 bits per heavy atom. The number of aromatic nitrogens is 3. The van der Waals surface area contributed by atoms with Gasteiger partial charge >= 0.3 is 0 Å². The minimum atomic E-state index is -0.0451. The van der Waals surface area contributed by atoms with E-state index in [-0.39, 0.29) is 17.7 Å². The molecule has 3 heterocycles. The summed E-state index contributed by atoms with van der Waals surface area (Å²) in [4.78, 5) is 24.7. The van der Waals surface area contributed by atoms with Crippen LogP contribution in [0.2, 0.25) is 10.3 Å². The van der Waals surface area contributed by atoms with Crippen LogP contribution in [0.15, 0.2) is 42.9 Å². The molecule has 0 aliphatic heterocycles. The van der Waals surface area contributed by atoms with Gasteiger partial charge in [0.05, 0.1) is 0 Å². The van der Waals surface area contributed by atoms with Gasteiger partial charge in [0.2, 0.25) is 5.91 Å². The van der Waals surface area contributed by atoms with Gasteiger partial charge in [0.25, 0.3) is 0 Å². The Kier molecular flexibility index (Phi) is 3.82. The van der Waals surface area contributed by atoms with Crippen LogP contribution < -0.4 is 5.32 Å². The second kappa shape index (κ2) is 6.00. The molecule has 3 aromatic heterocycles. The molecule has 7 heteroatoms. The van der Waals surface area contributed by atoms with Gasteiger partial charge in [0.15, 0.2) is 0 Å². The van der Waals surface area contributed by atoms with Crippen molar-refractivity contribution in [2.24, 2.45) is 5.92 Å². The van der Waals surface area contributed by atoms with Crippen molar-refractivity contribution in [1.82, 2.24) is 15.0 Å². The smallest absolute Gasteiger partial charge is 0.229 e. The molecule has 1 aliphatic rings. The van der Waals surface area contributed by atoms with Gasteiger partial charge in [-0.1, -0.05) is 29.3 Å². The highest BCUT2D eigenvalue weighted by atomic mass is 35.5. The first-order valence-electron chi connectivity index (χ1n) is 7.44. The summed E-state index contributed by atoms with van der Waals surface area (Å²) < 4.78 is 0. The molecule has 1 saturated carbocycles. The second-order valence-electron chi connectivity index (χ2n) is 5.75. The number of nitrogens with one attached hydrogen (secondary N) is 1. The minimum Gasteiger partial charge on any atom is -0.310 e. The molecular weight excluding hydrogens is 347 g/mol. The number of carbonyl (C=O) groups excluding carboxylic acids is 1. The molecule has 1 amide bonds. The van der Waals surface area contributed by atoms with Crippen molar-refractivity contribution in [3.63, 3.8) is 0 Å². The molecule has 1 N–H and O–H groups in total. The topological polar surface area (TPSA) is 67.8 Å². The van der Waals surface area contributed by atoms with Gasteiger partial charge in [-0.15, -0.1) is 0 Å². The molecule has 3 aromatic rings. The molecule has 5 nitrogen and oxygen atoms in total. The van der Waals surface area contributed by atoms with Crippen LogP contribution >= 0.6 is 23.2 Å². The Balaban J connectivity index is 1.52. The van der Waals surface area contributed by atoms with Gasteiger partial charge < -0.3 is 5.32 Å². The molecule has 120 valence electrons. The zero-order valence-electron chi connectivity index (χ0n) is 12.4. The lowest BCUT2D eigenvalue weighted by Gasteiger charge is -2.06. The van der Waals surface area contributed by atoms with E-state index in [4.69, 9.17) is 23.2 Å². The lowest BCUT2D eigenvalue weighted by molar-refractivity contribution is -0.117. The Hall–Kier alpha value is -2.24. The number of fused-ring (bicyclic) bond motifs is 1. The molecule has 0 radical (unpaired) electrons. The van der Waals surface area contributed by atoms with E-state index in [2.05, 4.69) is 20.3 Å². The van der Waals surface area contributed by atoms with Crippen molar-refractivity contribution in [2.75, 3.05) is 5.32 Å². The Morgan fingerprint density at radius 1 is 1.25 bits per heavy atom. The van der Waals surface area contributed by atoms with E-state index in [9.17, 15) is 4.79 Å². The predicted molar refractivity (Wildman–Crippen MR) is 93.3 cm³/mol. The molecule has 1 aliphatic carbocycles. The van der Waals surface area contributed by atoms with Crippen molar-refractivity contribution in [1.29, 1.82) is 0 Å². The van der Waals surface area contributed by atoms with Crippen LogP contribution in [0.1, 0.15) is 17.9 Å². The molecule has 2 atom stereocenters. The van der Waals surface area contributed by atoms with Gasteiger partial charge in [-0.25, -0.2) is 9.97 Å². The molecule has 4 rings (SSSR count). The molecule has 0 bridgehead atoms. The fourth-order valence-corrected chi connectivity index (χ4v) is 3.31. The van der Waals surface area contributed by atoms with Gasteiger partial charge in [0, 0.05) is 29.9 Å². The van der Waals surface area contributed by atoms with Gasteiger partial charge in [-0.2, -0.15) is 0 Å².